The van der Waals surface area contributed by atoms with E-state index in [0.717, 1.165) is 10.6 Å². The van der Waals surface area contributed by atoms with Crippen LogP contribution in [0.4, 0.5) is 5.13 Å². The zero-order valence-corrected chi connectivity index (χ0v) is 13.8. The third-order valence-electron chi connectivity index (χ3n) is 3.15. The van der Waals surface area contributed by atoms with Crippen LogP contribution in [0.3, 0.4) is 0 Å². The predicted molar refractivity (Wildman–Crippen MR) is 87.9 cm³/mol. The summed E-state index contributed by atoms with van der Waals surface area (Å²) in [6.07, 6.45) is 1.03. The summed E-state index contributed by atoms with van der Waals surface area (Å²) in [4.78, 5) is 17.3. The van der Waals surface area contributed by atoms with E-state index in [4.69, 9.17) is 9.47 Å². The number of nitrogens with one attached hydrogen (secondary N) is 1. The minimum absolute atomic E-state index is 0.0441. The molecule has 1 aromatic heterocycles. The highest BCUT2D eigenvalue weighted by Gasteiger charge is 2.08. The molecule has 2 aromatic rings. The topological polar surface area (TPSA) is 60.5 Å². The number of amides is 1. The van der Waals surface area contributed by atoms with Gasteiger partial charge < -0.3 is 14.8 Å². The predicted octanol–water partition coefficient (Wildman–Crippen LogP) is 3.57. The van der Waals surface area contributed by atoms with Crippen molar-refractivity contribution < 1.29 is 14.3 Å². The third-order valence-corrected chi connectivity index (χ3v) is 4.14. The Bertz CT molecular complexity index is 621. The summed E-state index contributed by atoms with van der Waals surface area (Å²) in [5.41, 5.74) is 0.958. The van der Waals surface area contributed by atoms with Gasteiger partial charge in [0.05, 0.1) is 19.4 Å². The highest BCUT2D eigenvalue weighted by Crippen LogP contribution is 2.26. The maximum atomic E-state index is 11.8. The summed E-state index contributed by atoms with van der Waals surface area (Å²) < 4.78 is 10.8. The van der Waals surface area contributed by atoms with Crippen LogP contribution in [-0.2, 0) is 4.79 Å². The first-order chi connectivity index (χ1) is 10.6. The van der Waals surface area contributed by atoms with Gasteiger partial charge in [0.25, 0.3) is 0 Å². The Morgan fingerprint density at radius 1 is 1.27 bits per heavy atom. The number of aromatic nitrogens is 1. The monoisotopic (exact) mass is 320 g/mol. The Labute approximate surface area is 134 Å². The number of hydrogen-bond donors (Lipinski definition) is 1. The summed E-state index contributed by atoms with van der Waals surface area (Å²) in [7, 11) is 1.60. The fourth-order valence-electron chi connectivity index (χ4n) is 1.86. The fraction of sp³-hybridized carbons (Fsp3) is 0.375. The van der Waals surface area contributed by atoms with E-state index in [1.807, 2.05) is 38.1 Å². The zero-order chi connectivity index (χ0) is 15.9. The van der Waals surface area contributed by atoms with Gasteiger partial charge in [0.1, 0.15) is 0 Å². The van der Waals surface area contributed by atoms with E-state index >= 15 is 0 Å². The van der Waals surface area contributed by atoms with Crippen LogP contribution in [0, 0.1) is 13.8 Å². The molecule has 1 amide bonds. The van der Waals surface area contributed by atoms with Gasteiger partial charge in [0, 0.05) is 11.3 Å². The lowest BCUT2D eigenvalue weighted by Crippen LogP contribution is -2.12. The summed E-state index contributed by atoms with van der Waals surface area (Å²) in [6, 6.07) is 7.46. The molecule has 1 N–H and O–H groups in total. The van der Waals surface area contributed by atoms with E-state index in [2.05, 4.69) is 10.3 Å². The molecule has 0 atom stereocenters. The van der Waals surface area contributed by atoms with Gasteiger partial charge in [-0.05, 0) is 32.4 Å². The summed E-state index contributed by atoms with van der Waals surface area (Å²) >= 11 is 1.49. The van der Waals surface area contributed by atoms with Crippen LogP contribution in [0.2, 0.25) is 0 Å². The number of ether oxygens (including phenoxy) is 2. The molecule has 0 bridgehead atoms. The second-order valence-electron chi connectivity index (χ2n) is 4.81. The molecule has 5 nitrogen and oxygen atoms in total. The number of aryl methyl sites for hydroxylation is 2. The smallest absolute Gasteiger partial charge is 0.226 e. The van der Waals surface area contributed by atoms with Crippen molar-refractivity contribution in [2.75, 3.05) is 19.0 Å². The molecule has 0 aliphatic rings. The average Bonchev–Trinajstić information content (AvgIpc) is 2.82. The lowest BCUT2D eigenvalue weighted by atomic mass is 10.3. The number of carbonyl (C=O) groups is 1. The van der Waals surface area contributed by atoms with Crippen LogP contribution >= 0.6 is 11.3 Å². The molecule has 6 heteroatoms. The summed E-state index contributed by atoms with van der Waals surface area (Å²) in [5.74, 6) is 1.34. The van der Waals surface area contributed by atoms with Gasteiger partial charge in [-0.3, -0.25) is 4.79 Å². The minimum atomic E-state index is -0.0441. The van der Waals surface area contributed by atoms with Crippen molar-refractivity contribution in [3.05, 3.63) is 34.8 Å². The maximum absolute atomic E-state index is 11.8. The molecule has 22 heavy (non-hydrogen) atoms. The molecular formula is C16H20N2O3S. The summed E-state index contributed by atoms with van der Waals surface area (Å²) in [5, 5.41) is 3.47. The van der Waals surface area contributed by atoms with Crippen molar-refractivity contribution in [3.63, 3.8) is 0 Å². The van der Waals surface area contributed by atoms with Crippen LogP contribution in [0.1, 0.15) is 23.4 Å². The number of rotatable bonds is 7. The quantitative estimate of drug-likeness (QED) is 0.792. The van der Waals surface area contributed by atoms with Crippen molar-refractivity contribution in [1.29, 1.82) is 0 Å². The highest BCUT2D eigenvalue weighted by molar-refractivity contribution is 7.15. The zero-order valence-electron chi connectivity index (χ0n) is 13.0. The Kier molecular flexibility index (Phi) is 5.77. The molecule has 1 aromatic carbocycles. The first kappa shape index (κ1) is 16.3. The number of para-hydroxylation sites is 2. The standard InChI is InChI=1S/C16H20N2O3S/c1-11-12(2)22-16(17-11)18-15(19)9-6-10-21-14-8-5-4-7-13(14)20-3/h4-5,7-8H,6,9-10H2,1-3H3,(H,17,18,19). The molecule has 0 unspecified atom stereocenters. The highest BCUT2D eigenvalue weighted by atomic mass is 32.1. The van der Waals surface area contributed by atoms with Gasteiger partial charge in [-0.15, -0.1) is 11.3 Å². The normalized spacial score (nSPS) is 10.3. The molecule has 0 fully saturated rings. The second-order valence-corrected chi connectivity index (χ2v) is 6.01. The van der Waals surface area contributed by atoms with Crippen molar-refractivity contribution in [1.82, 2.24) is 4.98 Å². The lowest BCUT2D eigenvalue weighted by molar-refractivity contribution is -0.116. The van der Waals surface area contributed by atoms with E-state index in [1.54, 1.807) is 7.11 Å². The van der Waals surface area contributed by atoms with E-state index in [0.29, 0.717) is 36.1 Å². The van der Waals surface area contributed by atoms with Gasteiger partial charge in [0.2, 0.25) is 5.91 Å². The number of hydrogen-bond acceptors (Lipinski definition) is 5. The first-order valence-corrected chi connectivity index (χ1v) is 7.91. The van der Waals surface area contributed by atoms with Crippen LogP contribution in [0.25, 0.3) is 0 Å². The number of nitrogens with zero attached hydrogens (tertiary/aromatic N) is 1. The average molecular weight is 320 g/mol. The first-order valence-electron chi connectivity index (χ1n) is 7.10. The second kappa shape index (κ2) is 7.79. The number of methoxy groups -OCH3 is 1. The minimum Gasteiger partial charge on any atom is -0.493 e. The van der Waals surface area contributed by atoms with Gasteiger partial charge in [-0.2, -0.15) is 0 Å². The van der Waals surface area contributed by atoms with E-state index in [1.165, 1.54) is 11.3 Å². The molecule has 0 aliphatic carbocycles. The van der Waals surface area contributed by atoms with Gasteiger partial charge in [0.15, 0.2) is 16.6 Å². The van der Waals surface area contributed by atoms with Gasteiger partial charge >= 0.3 is 0 Å². The van der Waals surface area contributed by atoms with Crippen molar-refractivity contribution in [2.45, 2.75) is 26.7 Å². The molecule has 1 heterocycles. The molecule has 0 aliphatic heterocycles. The Morgan fingerprint density at radius 3 is 2.64 bits per heavy atom. The Hall–Kier alpha value is -2.08. The van der Waals surface area contributed by atoms with Crippen LogP contribution in [0.15, 0.2) is 24.3 Å². The van der Waals surface area contributed by atoms with Crippen molar-refractivity contribution in [3.8, 4) is 11.5 Å². The number of thiazole rings is 1. The van der Waals surface area contributed by atoms with Crippen molar-refractivity contribution in [2.24, 2.45) is 0 Å². The molecule has 0 saturated heterocycles. The number of anilines is 1. The maximum Gasteiger partial charge on any atom is 0.226 e. The molecule has 0 radical (unpaired) electrons. The van der Waals surface area contributed by atoms with Crippen LogP contribution in [0.5, 0.6) is 11.5 Å². The summed E-state index contributed by atoms with van der Waals surface area (Å²) in [6.45, 7) is 4.38. The molecule has 0 spiro atoms. The number of carbonyl (C=O) groups excluding carboxylic acids is 1. The van der Waals surface area contributed by atoms with E-state index in [-0.39, 0.29) is 5.91 Å². The molecule has 2 rings (SSSR count). The van der Waals surface area contributed by atoms with Gasteiger partial charge in [-0.1, -0.05) is 12.1 Å². The number of benzene rings is 1. The Balaban J connectivity index is 1.73. The molecule has 118 valence electrons. The Morgan fingerprint density at radius 2 is 2.00 bits per heavy atom. The van der Waals surface area contributed by atoms with Crippen molar-refractivity contribution >= 4 is 22.4 Å². The fourth-order valence-corrected chi connectivity index (χ4v) is 2.69. The third kappa shape index (κ3) is 4.46. The van der Waals surface area contributed by atoms with E-state index in [9.17, 15) is 4.79 Å². The largest absolute Gasteiger partial charge is 0.493 e. The molecule has 0 saturated carbocycles. The van der Waals surface area contributed by atoms with Gasteiger partial charge in [-0.25, -0.2) is 4.98 Å². The lowest BCUT2D eigenvalue weighted by Gasteiger charge is -2.09. The van der Waals surface area contributed by atoms with E-state index < -0.39 is 0 Å². The SMILES string of the molecule is COc1ccccc1OCCCC(=O)Nc1nc(C)c(C)s1. The molecular weight excluding hydrogens is 300 g/mol. The van der Waals surface area contributed by atoms with Crippen LogP contribution < -0.4 is 14.8 Å². The van der Waals surface area contributed by atoms with Crippen LogP contribution in [-0.4, -0.2) is 24.6 Å².